The number of carbonyl (C=O) groups is 11. The first-order valence-corrected chi connectivity index (χ1v) is 44.0. The van der Waals surface area contributed by atoms with Crippen LogP contribution < -0.4 is 58.8 Å². The monoisotopic (exact) mass is 2070 g/mol. The van der Waals surface area contributed by atoms with E-state index in [0.29, 0.717) is 137 Å². The zero-order chi connectivity index (χ0) is 107. The number of aromatic amines is 1. The van der Waals surface area contributed by atoms with Crippen LogP contribution in [0.15, 0.2) is 127 Å². The van der Waals surface area contributed by atoms with Gasteiger partial charge >= 0.3 is 60.5 Å². The van der Waals surface area contributed by atoms with Gasteiger partial charge in [-0.3, -0.25) is 45.6 Å². The van der Waals surface area contributed by atoms with Crippen LogP contribution in [0.3, 0.4) is 0 Å². The number of rotatable bonds is 18. The molecule has 14 aromatic heterocycles. The Labute approximate surface area is 840 Å². The normalized spacial score (nSPS) is 12.5. The number of primary amides is 1. The average molecular weight is 2080 g/mol. The molecule has 0 unspecified atom stereocenters. The summed E-state index contributed by atoms with van der Waals surface area (Å²) in [6, 6.07) is 15.1. The van der Waals surface area contributed by atoms with Gasteiger partial charge in [0.1, 0.15) is 56.9 Å². The minimum absolute atomic E-state index is 0.0394. The van der Waals surface area contributed by atoms with Crippen molar-refractivity contribution in [3.63, 3.8) is 0 Å². The number of nitrogens with two attached hydrogens (primary N) is 2. The van der Waals surface area contributed by atoms with Crippen LogP contribution in [-0.2, 0) is 69.6 Å². The lowest BCUT2D eigenvalue weighted by atomic mass is 10.1. The number of nitrogens with one attached hydrogen (secondary N) is 7. The van der Waals surface area contributed by atoms with Crippen molar-refractivity contribution in [3.8, 4) is 45.6 Å². The van der Waals surface area contributed by atoms with Gasteiger partial charge in [0.05, 0.1) is 138 Å². The first-order valence-electron chi connectivity index (χ1n) is 43.7. The third kappa shape index (κ3) is 28.5. The highest BCUT2D eigenvalue weighted by molar-refractivity contribution is 6.32. The van der Waals surface area contributed by atoms with Crippen LogP contribution >= 0.6 is 11.6 Å². The van der Waals surface area contributed by atoms with Crippen LogP contribution in [0, 0.1) is 27.7 Å². The minimum atomic E-state index is -4.70. The summed E-state index contributed by atoms with van der Waals surface area (Å²) in [4.78, 5) is 177. The van der Waals surface area contributed by atoms with Gasteiger partial charge in [0.25, 0.3) is 11.5 Å². The quantitative estimate of drug-likeness (QED) is 0.0167. The number of aldehydes is 1. The smallest absolute Gasteiger partial charge is 0.417 e. The molecule has 0 radical (unpaired) electrons. The Morgan fingerprint density at radius 3 is 1.14 bits per heavy atom. The second kappa shape index (κ2) is 51.3. The number of alkyl halides is 3. The first-order chi connectivity index (χ1) is 70.9. The summed E-state index contributed by atoms with van der Waals surface area (Å²) >= 11 is 6.23. The number of amides is 6. The van der Waals surface area contributed by atoms with Crippen molar-refractivity contribution in [2.75, 3.05) is 185 Å². The lowest BCUT2D eigenvalue weighted by molar-refractivity contribution is -0.137. The van der Waals surface area contributed by atoms with Crippen LogP contribution in [0.1, 0.15) is 95.7 Å². The van der Waals surface area contributed by atoms with E-state index in [9.17, 15) is 75.8 Å². The van der Waals surface area contributed by atoms with E-state index in [4.69, 9.17) is 56.8 Å². The highest BCUT2D eigenvalue weighted by Gasteiger charge is 2.35. The zero-order valence-corrected chi connectivity index (χ0v) is 82.0. The Morgan fingerprint density at radius 1 is 0.446 bits per heavy atom. The van der Waals surface area contributed by atoms with E-state index in [0.717, 1.165) is 96.5 Å². The van der Waals surface area contributed by atoms with Gasteiger partial charge in [-0.25, -0.2) is 101 Å². The van der Waals surface area contributed by atoms with Crippen LogP contribution in [0.2, 0.25) is 5.15 Å². The number of anilines is 7. The molecule has 0 atom stereocenters. The van der Waals surface area contributed by atoms with Gasteiger partial charge in [-0.05, 0) is 116 Å². The number of carbonyl (C=O) groups excluding carboxylic acids is 11. The molecule has 17 heterocycles. The van der Waals surface area contributed by atoms with Gasteiger partial charge in [0.15, 0.2) is 46.4 Å². The molecular weight excluding hydrogens is 1980 g/mol. The third-order valence-corrected chi connectivity index (χ3v) is 21.4. The van der Waals surface area contributed by atoms with E-state index in [2.05, 4.69) is 125 Å². The minimum Gasteiger partial charge on any atom is -0.465 e. The predicted molar refractivity (Wildman–Crippen MR) is 521 cm³/mol. The maximum Gasteiger partial charge on any atom is 0.417 e. The fourth-order valence-electron chi connectivity index (χ4n) is 13.8. The van der Waals surface area contributed by atoms with Crippen molar-refractivity contribution in [1.82, 2.24) is 93.3 Å². The molecule has 0 saturated carbocycles. The number of nitrogen functional groups attached to an aromatic ring is 1. The maximum atomic E-state index is 12.5. The Morgan fingerprint density at radius 2 is 0.791 bits per heavy atom. The number of ether oxygens (including phenoxy) is 12. The lowest BCUT2D eigenvalue weighted by Crippen LogP contribution is -2.37. The van der Waals surface area contributed by atoms with E-state index < -0.39 is 83.1 Å². The molecule has 6 amide bonds. The standard InChI is InChI=1S/C20H22N6O5.C19H22N6O4.C16H14ClN5O4.C16H15N5O5.C9H7F3N2O3.C7H9N3O3.C4H9NO/c1-12-8-16(22-20(28)30-3)21-10-14(12)17-23-18(25-4-6-31-7-5-25)15-9-13(19(27)29-2)11-26(15)24-17;1-12-7-16(21-19(27)28-2)20-9-14(12)17-22-18(24-3-5-29-6-4-24)15-8-13(11-26)10-25(15)23-17;1-8-4-12(19-16(24)26-3)18-6-10(8)14-20-13(17)11-5-9(15(23)25-2)7-22(11)21-14;1-8-4-12(18-16(24)26-3)17-6-10(8)13-19-14(22)11-5-9(15(23)25-2)7-21(11)20-13;1-17-8(16)14-7-2-6(9(10,11)12)5(4-15)3-13-7;1-13-7(12)4-2-5(6(8)11)10(9)3-4;1-3-6-4-2-5-1/h8-11H,4-7H2,1-3H3,(H,21,22,28);7-10,26H,3-6,11H2,1-2H3,(H,20,21,27);4-7H,1-3H3,(H,18,19,24);4-7H,1-3H3,(H,17,18,24)(H,19,20,22);2-4H,1H3,(H,13,14,16);2-3H,9H2,1H3,(H2,8,11);5H,1-4H2. The molecule has 17 rings (SSSR count). The van der Waals surface area contributed by atoms with Crippen LogP contribution in [-0.4, -0.2) is 303 Å². The summed E-state index contributed by atoms with van der Waals surface area (Å²) in [5.74, 6) is 6.62. The number of H-pyrrole nitrogens is 1. The fraction of sp³-hybridized carbons (Fsp3) is 0.297. The Hall–Kier alpha value is -18.0. The number of methoxy groups -OCH3 is 9. The summed E-state index contributed by atoms with van der Waals surface area (Å²) in [7, 11) is 11.3. The van der Waals surface area contributed by atoms with Gasteiger partial charge in [-0.15, -0.1) is 20.4 Å². The second-order valence-electron chi connectivity index (χ2n) is 30.9. The number of fused-ring (bicyclic) bond motifs is 4. The van der Waals surface area contributed by atoms with E-state index in [1.165, 1.54) is 109 Å². The number of aliphatic hydroxyl groups is 1. The number of esters is 4. The number of aromatic nitrogens is 18. The molecule has 57 heteroatoms. The highest BCUT2D eigenvalue weighted by atomic mass is 35.5. The summed E-state index contributed by atoms with van der Waals surface area (Å²) in [5.41, 5.74) is 12.7. The number of hydrogen-bond acceptors (Lipinski definition) is 41. The number of morpholine rings is 3. The number of aryl methyl sites for hydroxylation is 4. The summed E-state index contributed by atoms with van der Waals surface area (Å²) < 4.78 is 102. The molecule has 3 fully saturated rings. The molecule has 3 aliphatic rings. The van der Waals surface area contributed by atoms with Gasteiger partial charge in [-0.2, -0.15) is 13.2 Å². The molecule has 3 aliphatic heterocycles. The van der Waals surface area contributed by atoms with Gasteiger partial charge < -0.3 is 93.6 Å². The van der Waals surface area contributed by atoms with E-state index in [1.54, 1.807) is 77.1 Å². The van der Waals surface area contributed by atoms with Crippen molar-refractivity contribution >= 4 is 141 Å². The number of aliphatic hydroxyl groups excluding tert-OH is 1. The number of nitrogens with zero attached hydrogens (tertiary/aromatic N) is 19. The molecular formula is C91H98ClF3N28O25. The van der Waals surface area contributed by atoms with E-state index >= 15 is 0 Å². The Kier molecular flexibility index (Phi) is 38.2. The van der Waals surface area contributed by atoms with Crippen molar-refractivity contribution in [2.24, 2.45) is 5.73 Å². The topological polar surface area (TPSA) is 660 Å². The molecule has 0 aliphatic carbocycles. The Balaban J connectivity index is 0.000000169. The number of hydrogen-bond donors (Lipinski definition) is 10. The van der Waals surface area contributed by atoms with Gasteiger partial charge in [0.2, 0.25) is 0 Å². The SMILES string of the molecule is C1COCCN1.COC(=O)Nc1cc(C(F)(F)F)c(C=O)cn1.COC(=O)Nc1cc(C)c(-c2nc(Cl)c3cc(C(=O)OC)cn3n2)cn1.COC(=O)Nc1cc(C)c(-c2nc(N3CCOCC3)c3cc(C(=O)OC)cn3n2)cn1.COC(=O)Nc1cc(C)c(-c2nc(N3CCOCC3)c3cc(CO)cn3n2)cn1.COC(=O)Nc1cc(C)c(-c2nn3cc(C(=O)OC)cc3c(=O)[nH]2)cn1.COC(=O)c1cc(C(N)=O)n(N)c1. The van der Waals surface area contributed by atoms with Crippen molar-refractivity contribution in [3.05, 3.63) is 205 Å². The summed E-state index contributed by atoms with van der Waals surface area (Å²) in [6.07, 6.45) is 6.47. The molecule has 148 heavy (non-hydrogen) atoms. The number of halogens is 4. The molecule has 0 bridgehead atoms. The molecule has 14 aromatic rings. The highest BCUT2D eigenvalue weighted by Crippen LogP contribution is 2.35. The van der Waals surface area contributed by atoms with Crippen LogP contribution in [0.5, 0.6) is 0 Å². The summed E-state index contributed by atoms with van der Waals surface area (Å²) in [5, 5.41) is 42.8. The molecule has 3 saturated heterocycles. The first kappa shape index (κ1) is 110. The van der Waals surface area contributed by atoms with Gasteiger partial charge in [-0.1, -0.05) is 11.6 Å². The third-order valence-electron chi connectivity index (χ3n) is 21.1. The predicted octanol–water partition coefficient (Wildman–Crippen LogP) is 8.37. The molecule has 0 aromatic carbocycles. The Bertz CT molecular complexity index is 7290. The molecule has 53 nitrogen and oxygen atoms in total. The fourth-order valence-corrected chi connectivity index (χ4v) is 14.0. The van der Waals surface area contributed by atoms with Crippen molar-refractivity contribution < 1.29 is 128 Å². The second-order valence-corrected chi connectivity index (χ2v) is 31.2. The zero-order valence-electron chi connectivity index (χ0n) is 81.2. The average Bonchev–Trinajstić information content (AvgIpc) is 1.63. The molecule has 0 spiro atoms. The maximum absolute atomic E-state index is 12.5. The largest absolute Gasteiger partial charge is 0.465 e. The van der Waals surface area contributed by atoms with Crippen LogP contribution in [0.4, 0.5) is 77.9 Å². The van der Waals surface area contributed by atoms with Crippen LogP contribution in [0.25, 0.3) is 67.6 Å². The van der Waals surface area contributed by atoms with Gasteiger partial charge in [0, 0.05) is 129 Å². The molecule has 12 N–H and O–H groups in total. The van der Waals surface area contributed by atoms with Crippen molar-refractivity contribution in [1.29, 1.82) is 0 Å². The lowest BCUT2D eigenvalue weighted by Gasteiger charge is -2.28. The summed E-state index contributed by atoms with van der Waals surface area (Å²) in [6.45, 7) is 16.4. The van der Waals surface area contributed by atoms with Crippen molar-refractivity contribution in [2.45, 2.75) is 40.5 Å². The number of pyridine rings is 5. The van der Waals surface area contributed by atoms with E-state index in [1.807, 2.05) is 32.2 Å². The van der Waals surface area contributed by atoms with E-state index in [-0.39, 0.29) is 52.0 Å². The molecule has 780 valence electrons.